The van der Waals surface area contributed by atoms with Gasteiger partial charge in [0.05, 0.1) is 13.7 Å². The number of hydrogen-bond donors (Lipinski definition) is 0. The average molecular weight is 384 g/mol. The number of likely N-dealkylation sites (N-methyl/N-ethyl adjacent to an activating group) is 2. The molecule has 2 aromatic rings. The zero-order valence-electron chi connectivity index (χ0n) is 14.9. The molecule has 0 atom stereocenters. The second-order valence-electron chi connectivity index (χ2n) is 5.92. The van der Waals surface area contributed by atoms with Crippen LogP contribution in [0, 0.1) is 0 Å². The van der Waals surface area contributed by atoms with Crippen LogP contribution in [0.4, 0.5) is 8.78 Å². The first-order chi connectivity index (χ1) is 12.4. The third-order valence-corrected chi connectivity index (χ3v) is 4.46. The molecule has 142 valence electrons. The number of benzene rings is 1. The number of halogens is 2. The summed E-state index contributed by atoms with van der Waals surface area (Å²) >= 11 is 1.60. The highest BCUT2D eigenvalue weighted by molar-refractivity contribution is 7.07. The fraction of sp³-hybridized carbons (Fsp3) is 0.389. The number of carbonyl (C=O) groups is 1. The summed E-state index contributed by atoms with van der Waals surface area (Å²) in [6.45, 7) is -1.61. The Morgan fingerprint density at radius 1 is 1.15 bits per heavy atom. The van der Waals surface area contributed by atoms with E-state index in [1.54, 1.807) is 35.4 Å². The lowest BCUT2D eigenvalue weighted by Gasteiger charge is -2.22. The number of alkyl halides is 2. The van der Waals surface area contributed by atoms with Gasteiger partial charge in [-0.05, 0) is 47.1 Å². The summed E-state index contributed by atoms with van der Waals surface area (Å²) in [6, 6.07) is 6.75. The smallest absolute Gasteiger partial charge is 0.387 e. The Labute approximate surface area is 155 Å². The first-order valence-electron chi connectivity index (χ1n) is 7.94. The Morgan fingerprint density at radius 3 is 2.54 bits per heavy atom. The predicted octanol–water partition coefficient (Wildman–Crippen LogP) is 3.45. The van der Waals surface area contributed by atoms with Crippen LogP contribution in [0.2, 0.25) is 0 Å². The number of amides is 1. The Hall–Kier alpha value is -2.19. The number of rotatable bonds is 9. The quantitative estimate of drug-likeness (QED) is 0.664. The topological polar surface area (TPSA) is 42.0 Å². The molecule has 2 rings (SSSR count). The van der Waals surface area contributed by atoms with E-state index in [4.69, 9.17) is 4.74 Å². The van der Waals surface area contributed by atoms with Crippen LogP contribution in [-0.4, -0.2) is 50.1 Å². The molecule has 0 spiro atoms. The molecule has 0 fully saturated rings. The van der Waals surface area contributed by atoms with E-state index in [0.29, 0.717) is 13.1 Å². The molecule has 0 saturated carbocycles. The van der Waals surface area contributed by atoms with Crippen molar-refractivity contribution in [2.24, 2.45) is 0 Å². The van der Waals surface area contributed by atoms with Gasteiger partial charge < -0.3 is 14.4 Å². The number of methoxy groups -OCH3 is 1. The van der Waals surface area contributed by atoms with Crippen LogP contribution in [0.3, 0.4) is 0 Å². The summed E-state index contributed by atoms with van der Waals surface area (Å²) in [5, 5.41) is 4.00. The van der Waals surface area contributed by atoms with E-state index in [-0.39, 0.29) is 24.0 Å². The number of ether oxygens (including phenoxy) is 2. The summed E-state index contributed by atoms with van der Waals surface area (Å²) < 4.78 is 34.3. The van der Waals surface area contributed by atoms with Crippen molar-refractivity contribution in [3.8, 4) is 11.5 Å². The minimum absolute atomic E-state index is 0.00307. The zero-order chi connectivity index (χ0) is 19.1. The maximum absolute atomic E-state index is 12.4. The van der Waals surface area contributed by atoms with Crippen LogP contribution in [-0.2, 0) is 17.9 Å². The van der Waals surface area contributed by atoms with E-state index in [1.165, 1.54) is 13.2 Å². The Kier molecular flexibility index (Phi) is 7.35. The molecular formula is C18H22F2N2O3S. The van der Waals surface area contributed by atoms with Gasteiger partial charge in [-0.15, -0.1) is 0 Å². The van der Waals surface area contributed by atoms with Gasteiger partial charge in [0, 0.05) is 20.1 Å². The van der Waals surface area contributed by atoms with E-state index in [2.05, 4.69) is 4.74 Å². The molecular weight excluding hydrogens is 362 g/mol. The molecule has 1 amide bonds. The van der Waals surface area contributed by atoms with Crippen molar-refractivity contribution in [3.05, 3.63) is 46.2 Å². The number of nitrogens with zero attached hydrogens (tertiary/aromatic N) is 2. The molecule has 0 saturated heterocycles. The van der Waals surface area contributed by atoms with E-state index < -0.39 is 6.61 Å². The van der Waals surface area contributed by atoms with Gasteiger partial charge in [0.25, 0.3) is 0 Å². The average Bonchev–Trinajstić information content (AvgIpc) is 3.08. The van der Waals surface area contributed by atoms with Crippen molar-refractivity contribution in [2.75, 3.05) is 27.7 Å². The van der Waals surface area contributed by atoms with Crippen LogP contribution in [0.25, 0.3) is 0 Å². The first-order valence-corrected chi connectivity index (χ1v) is 8.88. The molecule has 1 aromatic carbocycles. The van der Waals surface area contributed by atoms with Gasteiger partial charge >= 0.3 is 6.61 Å². The molecule has 1 heterocycles. The van der Waals surface area contributed by atoms with Crippen LogP contribution in [0.15, 0.2) is 35.0 Å². The second-order valence-corrected chi connectivity index (χ2v) is 6.70. The molecule has 26 heavy (non-hydrogen) atoms. The van der Waals surface area contributed by atoms with Crippen LogP contribution in [0.1, 0.15) is 11.1 Å². The third-order valence-electron chi connectivity index (χ3n) is 3.73. The van der Waals surface area contributed by atoms with Gasteiger partial charge in [-0.2, -0.15) is 20.1 Å². The van der Waals surface area contributed by atoms with Crippen molar-refractivity contribution in [1.82, 2.24) is 9.80 Å². The predicted molar refractivity (Wildman–Crippen MR) is 96.8 cm³/mol. The van der Waals surface area contributed by atoms with Crippen LogP contribution >= 0.6 is 11.3 Å². The highest BCUT2D eigenvalue weighted by atomic mass is 32.1. The van der Waals surface area contributed by atoms with E-state index in [0.717, 1.165) is 11.1 Å². The highest BCUT2D eigenvalue weighted by Gasteiger charge is 2.15. The van der Waals surface area contributed by atoms with E-state index >= 15 is 0 Å². The third kappa shape index (κ3) is 5.96. The van der Waals surface area contributed by atoms with E-state index in [1.807, 2.05) is 28.8 Å². The molecule has 0 bridgehead atoms. The largest absolute Gasteiger partial charge is 0.493 e. The number of hydrogen-bond acceptors (Lipinski definition) is 5. The minimum Gasteiger partial charge on any atom is -0.493 e. The van der Waals surface area contributed by atoms with Crippen molar-refractivity contribution in [3.63, 3.8) is 0 Å². The summed E-state index contributed by atoms with van der Waals surface area (Å²) in [4.78, 5) is 15.9. The van der Waals surface area contributed by atoms with Crippen LogP contribution in [0.5, 0.6) is 11.5 Å². The summed E-state index contributed by atoms with van der Waals surface area (Å²) in [7, 11) is 4.99. The van der Waals surface area contributed by atoms with Crippen molar-refractivity contribution >= 4 is 17.2 Å². The highest BCUT2D eigenvalue weighted by Crippen LogP contribution is 2.29. The SMILES string of the molecule is COc1cc(CN(C)CC(=O)N(C)Cc2ccsc2)ccc1OC(F)F. The molecule has 0 aliphatic carbocycles. The van der Waals surface area contributed by atoms with Gasteiger partial charge in [0.1, 0.15) is 0 Å². The monoisotopic (exact) mass is 384 g/mol. The molecule has 1 aromatic heterocycles. The molecule has 8 heteroatoms. The van der Waals surface area contributed by atoms with Crippen molar-refractivity contribution in [1.29, 1.82) is 0 Å². The Bertz CT molecular complexity index is 710. The van der Waals surface area contributed by atoms with Crippen LogP contribution < -0.4 is 9.47 Å². The van der Waals surface area contributed by atoms with Gasteiger partial charge in [0.15, 0.2) is 11.5 Å². The fourth-order valence-corrected chi connectivity index (χ4v) is 3.13. The van der Waals surface area contributed by atoms with Gasteiger partial charge in [-0.3, -0.25) is 9.69 Å². The van der Waals surface area contributed by atoms with Crippen molar-refractivity contribution < 1.29 is 23.0 Å². The lowest BCUT2D eigenvalue weighted by Crippen LogP contribution is -2.35. The number of carbonyl (C=O) groups excluding carboxylic acids is 1. The Morgan fingerprint density at radius 2 is 1.92 bits per heavy atom. The maximum atomic E-state index is 12.4. The molecule has 0 radical (unpaired) electrons. The molecule has 0 aliphatic heterocycles. The molecule has 0 unspecified atom stereocenters. The van der Waals surface area contributed by atoms with E-state index in [9.17, 15) is 13.6 Å². The zero-order valence-corrected chi connectivity index (χ0v) is 15.8. The van der Waals surface area contributed by atoms with Gasteiger partial charge in [-0.25, -0.2) is 0 Å². The van der Waals surface area contributed by atoms with Crippen molar-refractivity contribution in [2.45, 2.75) is 19.7 Å². The minimum atomic E-state index is -2.91. The van der Waals surface area contributed by atoms with Gasteiger partial charge in [0.2, 0.25) is 5.91 Å². The lowest BCUT2D eigenvalue weighted by molar-refractivity contribution is -0.131. The second kappa shape index (κ2) is 9.49. The Balaban J connectivity index is 1.92. The molecule has 0 N–H and O–H groups in total. The summed E-state index contributed by atoms with van der Waals surface area (Å²) in [5.74, 6) is 0.223. The first kappa shape index (κ1) is 20.1. The standard InChI is InChI=1S/C18H22F2N2O3S/c1-21(11-17(23)22(2)10-14-6-7-26-12-14)9-13-4-5-15(25-18(19)20)16(8-13)24-3/h4-8,12,18H,9-11H2,1-3H3. The number of thiophene rings is 1. The van der Waals surface area contributed by atoms with Gasteiger partial charge in [-0.1, -0.05) is 6.07 Å². The normalized spacial score (nSPS) is 11.0. The molecule has 5 nitrogen and oxygen atoms in total. The maximum Gasteiger partial charge on any atom is 0.387 e. The summed E-state index contributed by atoms with van der Waals surface area (Å²) in [5.41, 5.74) is 1.94. The molecule has 0 aliphatic rings. The summed E-state index contributed by atoms with van der Waals surface area (Å²) in [6.07, 6.45) is 0. The fourth-order valence-electron chi connectivity index (χ4n) is 2.47. The lowest BCUT2D eigenvalue weighted by atomic mass is 10.2.